The van der Waals surface area contributed by atoms with Crippen LogP contribution in [0.4, 0.5) is 4.79 Å². The standard InChI is InChI=1S/C21H27NO3/c1-5-24-19-9-8-15-12-16(6-7-17(15)13-19)18-10-11-22(14-18)20(23)25-21(2,3)4/h6-9,12-13,18H,5,10-11,14H2,1-4H3. The van der Waals surface area contributed by atoms with Gasteiger partial charge in [0.1, 0.15) is 11.4 Å². The molecule has 25 heavy (non-hydrogen) atoms. The first kappa shape index (κ1) is 17.6. The number of hydrogen-bond acceptors (Lipinski definition) is 3. The average Bonchev–Trinajstić information content (AvgIpc) is 3.03. The number of rotatable bonds is 3. The molecule has 2 aromatic carbocycles. The average molecular weight is 341 g/mol. The summed E-state index contributed by atoms with van der Waals surface area (Å²) in [6.45, 7) is 9.84. The molecule has 3 rings (SSSR count). The summed E-state index contributed by atoms with van der Waals surface area (Å²) >= 11 is 0. The Kier molecular flexibility index (Phi) is 4.89. The van der Waals surface area contributed by atoms with Crippen LogP contribution in [-0.2, 0) is 4.74 Å². The van der Waals surface area contributed by atoms with Crippen molar-refractivity contribution < 1.29 is 14.3 Å². The minimum absolute atomic E-state index is 0.211. The predicted molar refractivity (Wildman–Crippen MR) is 100 cm³/mol. The second-order valence-electron chi connectivity index (χ2n) is 7.61. The van der Waals surface area contributed by atoms with Crippen LogP contribution in [0.5, 0.6) is 5.75 Å². The van der Waals surface area contributed by atoms with E-state index in [1.54, 1.807) is 0 Å². The minimum atomic E-state index is -0.448. The fraction of sp³-hybridized carbons (Fsp3) is 0.476. The van der Waals surface area contributed by atoms with Gasteiger partial charge in [-0.05, 0) is 62.6 Å². The molecule has 0 saturated carbocycles. The number of ether oxygens (including phenoxy) is 2. The number of fused-ring (bicyclic) bond motifs is 1. The molecule has 0 bridgehead atoms. The summed E-state index contributed by atoms with van der Waals surface area (Å²) in [7, 11) is 0. The number of likely N-dealkylation sites (tertiary alicyclic amines) is 1. The Morgan fingerprint density at radius 1 is 1.16 bits per heavy atom. The van der Waals surface area contributed by atoms with Gasteiger partial charge in [0.15, 0.2) is 0 Å². The normalized spacial score (nSPS) is 17.8. The molecule has 0 aliphatic carbocycles. The number of nitrogens with zero attached hydrogens (tertiary/aromatic N) is 1. The van der Waals surface area contributed by atoms with E-state index in [4.69, 9.17) is 9.47 Å². The third-order valence-electron chi connectivity index (χ3n) is 4.46. The van der Waals surface area contributed by atoms with Crippen molar-refractivity contribution in [2.75, 3.05) is 19.7 Å². The Hall–Kier alpha value is -2.23. The van der Waals surface area contributed by atoms with E-state index in [-0.39, 0.29) is 6.09 Å². The van der Waals surface area contributed by atoms with Crippen molar-refractivity contribution in [3.05, 3.63) is 42.0 Å². The first-order valence-electron chi connectivity index (χ1n) is 9.00. The van der Waals surface area contributed by atoms with Gasteiger partial charge in [0.05, 0.1) is 6.61 Å². The van der Waals surface area contributed by atoms with Gasteiger partial charge in [-0.3, -0.25) is 0 Å². The largest absolute Gasteiger partial charge is 0.494 e. The highest BCUT2D eigenvalue weighted by Crippen LogP contribution is 2.31. The van der Waals surface area contributed by atoms with Gasteiger partial charge < -0.3 is 14.4 Å². The molecule has 4 heteroatoms. The van der Waals surface area contributed by atoms with Gasteiger partial charge in [-0.1, -0.05) is 24.3 Å². The molecule has 1 aliphatic heterocycles. The fourth-order valence-electron chi connectivity index (χ4n) is 3.28. The lowest BCUT2D eigenvalue weighted by atomic mass is 9.95. The quantitative estimate of drug-likeness (QED) is 0.792. The molecule has 2 aromatic rings. The summed E-state index contributed by atoms with van der Waals surface area (Å²) in [5, 5.41) is 2.38. The molecule has 4 nitrogen and oxygen atoms in total. The topological polar surface area (TPSA) is 38.8 Å². The zero-order valence-electron chi connectivity index (χ0n) is 15.5. The molecular weight excluding hydrogens is 314 g/mol. The summed E-state index contributed by atoms with van der Waals surface area (Å²) in [5.41, 5.74) is 0.832. The monoisotopic (exact) mass is 341 g/mol. The predicted octanol–water partition coefficient (Wildman–Crippen LogP) is 4.96. The molecular formula is C21H27NO3. The Balaban J connectivity index is 1.72. The molecule has 1 atom stereocenters. The van der Waals surface area contributed by atoms with E-state index >= 15 is 0 Å². The van der Waals surface area contributed by atoms with Crippen molar-refractivity contribution in [3.63, 3.8) is 0 Å². The van der Waals surface area contributed by atoms with Crippen molar-refractivity contribution in [1.29, 1.82) is 0 Å². The lowest BCUT2D eigenvalue weighted by molar-refractivity contribution is 0.0292. The van der Waals surface area contributed by atoms with E-state index in [1.165, 1.54) is 16.3 Å². The maximum Gasteiger partial charge on any atom is 0.410 e. The smallest absolute Gasteiger partial charge is 0.410 e. The van der Waals surface area contributed by atoms with Gasteiger partial charge >= 0.3 is 6.09 Å². The Morgan fingerprint density at radius 3 is 2.60 bits per heavy atom. The summed E-state index contributed by atoms with van der Waals surface area (Å²) < 4.78 is 11.1. The maximum atomic E-state index is 12.2. The van der Waals surface area contributed by atoms with Crippen molar-refractivity contribution >= 4 is 16.9 Å². The maximum absolute atomic E-state index is 12.2. The molecule has 0 N–H and O–H groups in total. The first-order chi connectivity index (χ1) is 11.9. The van der Waals surface area contributed by atoms with E-state index in [0.717, 1.165) is 25.3 Å². The molecule has 1 fully saturated rings. The Labute approximate surface area is 149 Å². The zero-order chi connectivity index (χ0) is 18.0. The summed E-state index contributed by atoms with van der Waals surface area (Å²) in [6.07, 6.45) is 0.763. The van der Waals surface area contributed by atoms with Crippen LogP contribution in [0, 0.1) is 0 Å². The second kappa shape index (κ2) is 6.95. The zero-order valence-corrected chi connectivity index (χ0v) is 15.5. The lowest BCUT2D eigenvalue weighted by Gasteiger charge is -2.24. The van der Waals surface area contributed by atoms with E-state index < -0.39 is 5.60 Å². The number of amides is 1. The van der Waals surface area contributed by atoms with E-state index in [0.29, 0.717) is 12.5 Å². The van der Waals surface area contributed by atoms with Gasteiger partial charge in [0, 0.05) is 19.0 Å². The molecule has 1 heterocycles. The van der Waals surface area contributed by atoms with E-state index in [9.17, 15) is 4.79 Å². The Morgan fingerprint density at radius 2 is 1.88 bits per heavy atom. The fourth-order valence-corrected chi connectivity index (χ4v) is 3.28. The third kappa shape index (κ3) is 4.25. The molecule has 1 amide bonds. The van der Waals surface area contributed by atoms with Crippen molar-refractivity contribution in [2.24, 2.45) is 0 Å². The van der Waals surface area contributed by atoms with Crippen molar-refractivity contribution in [3.8, 4) is 5.75 Å². The van der Waals surface area contributed by atoms with Crippen LogP contribution in [-0.4, -0.2) is 36.3 Å². The number of carbonyl (C=O) groups excluding carboxylic acids is 1. The van der Waals surface area contributed by atoms with Crippen LogP contribution < -0.4 is 4.74 Å². The minimum Gasteiger partial charge on any atom is -0.494 e. The van der Waals surface area contributed by atoms with Crippen LogP contribution in [0.3, 0.4) is 0 Å². The summed E-state index contributed by atoms with van der Waals surface area (Å²) in [5.74, 6) is 1.27. The van der Waals surface area contributed by atoms with E-state index in [2.05, 4.69) is 30.3 Å². The van der Waals surface area contributed by atoms with Crippen LogP contribution in [0.1, 0.15) is 45.6 Å². The van der Waals surface area contributed by atoms with Crippen LogP contribution in [0.25, 0.3) is 10.8 Å². The highest BCUT2D eigenvalue weighted by Gasteiger charge is 2.30. The van der Waals surface area contributed by atoms with Crippen LogP contribution >= 0.6 is 0 Å². The van der Waals surface area contributed by atoms with Gasteiger partial charge in [-0.25, -0.2) is 4.79 Å². The first-order valence-corrected chi connectivity index (χ1v) is 9.00. The molecule has 0 radical (unpaired) electrons. The van der Waals surface area contributed by atoms with Crippen molar-refractivity contribution in [2.45, 2.75) is 45.6 Å². The molecule has 1 unspecified atom stereocenters. The van der Waals surface area contributed by atoms with Crippen LogP contribution in [0.15, 0.2) is 36.4 Å². The number of hydrogen-bond donors (Lipinski definition) is 0. The third-order valence-corrected chi connectivity index (χ3v) is 4.46. The highest BCUT2D eigenvalue weighted by atomic mass is 16.6. The van der Waals surface area contributed by atoms with Gasteiger partial charge in [0.25, 0.3) is 0 Å². The molecule has 0 aromatic heterocycles. The SMILES string of the molecule is CCOc1ccc2cc(C3CCN(C(=O)OC(C)(C)C)C3)ccc2c1. The van der Waals surface area contributed by atoms with Crippen molar-refractivity contribution in [1.82, 2.24) is 4.90 Å². The highest BCUT2D eigenvalue weighted by molar-refractivity contribution is 5.84. The summed E-state index contributed by atoms with van der Waals surface area (Å²) in [6, 6.07) is 12.7. The molecule has 1 aliphatic rings. The molecule has 0 spiro atoms. The van der Waals surface area contributed by atoms with Crippen LogP contribution in [0.2, 0.25) is 0 Å². The Bertz CT molecular complexity index is 763. The number of carbonyl (C=O) groups is 1. The molecule has 1 saturated heterocycles. The summed E-state index contributed by atoms with van der Waals surface area (Å²) in [4.78, 5) is 14.1. The number of benzene rings is 2. The van der Waals surface area contributed by atoms with Gasteiger partial charge in [-0.15, -0.1) is 0 Å². The molecule has 134 valence electrons. The van der Waals surface area contributed by atoms with Gasteiger partial charge in [0.2, 0.25) is 0 Å². The lowest BCUT2D eigenvalue weighted by Crippen LogP contribution is -2.35. The van der Waals surface area contributed by atoms with Gasteiger partial charge in [-0.2, -0.15) is 0 Å². The second-order valence-corrected chi connectivity index (χ2v) is 7.61. The van der Waals surface area contributed by atoms with E-state index in [1.807, 2.05) is 38.7 Å².